The summed E-state index contributed by atoms with van der Waals surface area (Å²) >= 11 is 11.2. The van der Waals surface area contributed by atoms with E-state index < -0.39 is 0 Å². The number of hydrogen-bond donors (Lipinski definition) is 1. The minimum atomic E-state index is -0.257. The zero-order chi connectivity index (χ0) is 11.1. The Labute approximate surface area is 99.6 Å². The van der Waals surface area contributed by atoms with Gasteiger partial charge in [0.05, 0.1) is 0 Å². The van der Waals surface area contributed by atoms with Gasteiger partial charge in [0, 0.05) is 23.0 Å². The lowest BCUT2D eigenvalue weighted by Gasteiger charge is -2.05. The third-order valence-corrected chi connectivity index (χ3v) is 2.57. The summed E-state index contributed by atoms with van der Waals surface area (Å²) in [7, 11) is 0. The molecule has 1 rings (SSSR count). The molecule has 0 unspecified atom stereocenters. The number of benzene rings is 1. The summed E-state index contributed by atoms with van der Waals surface area (Å²) in [5.41, 5.74) is 0.644. The fourth-order valence-electron chi connectivity index (χ4n) is 1.23. The molecule has 15 heavy (non-hydrogen) atoms. The van der Waals surface area contributed by atoms with Gasteiger partial charge in [0.2, 0.25) is 0 Å². The van der Waals surface area contributed by atoms with Gasteiger partial charge in [-0.2, -0.15) is 0 Å². The van der Waals surface area contributed by atoms with Gasteiger partial charge in [-0.25, -0.2) is 4.39 Å². The molecule has 0 aliphatic rings. The molecule has 1 N–H and O–H groups in total. The second-order valence-electron chi connectivity index (χ2n) is 3.31. The van der Waals surface area contributed by atoms with Crippen molar-refractivity contribution in [2.24, 2.45) is 0 Å². The first kappa shape index (κ1) is 12.8. The highest BCUT2D eigenvalue weighted by molar-refractivity contribution is 6.30. The van der Waals surface area contributed by atoms with Crippen molar-refractivity contribution in [2.75, 3.05) is 12.4 Å². The maximum absolute atomic E-state index is 13.3. The topological polar surface area (TPSA) is 12.0 Å². The van der Waals surface area contributed by atoms with Crippen LogP contribution in [-0.4, -0.2) is 12.4 Å². The van der Waals surface area contributed by atoms with Gasteiger partial charge in [0.1, 0.15) is 5.82 Å². The molecule has 1 nitrogen and oxygen atoms in total. The van der Waals surface area contributed by atoms with Crippen LogP contribution in [0.4, 0.5) is 4.39 Å². The van der Waals surface area contributed by atoms with Crippen LogP contribution in [0.25, 0.3) is 0 Å². The van der Waals surface area contributed by atoms with Crippen LogP contribution in [0.3, 0.4) is 0 Å². The van der Waals surface area contributed by atoms with Gasteiger partial charge in [0.15, 0.2) is 0 Å². The Morgan fingerprint density at radius 1 is 1.27 bits per heavy atom. The number of rotatable bonds is 6. The molecule has 0 spiro atoms. The van der Waals surface area contributed by atoms with Gasteiger partial charge >= 0.3 is 0 Å². The van der Waals surface area contributed by atoms with Gasteiger partial charge in [-0.1, -0.05) is 17.7 Å². The van der Waals surface area contributed by atoms with E-state index in [1.165, 1.54) is 6.07 Å². The molecule has 0 bridgehead atoms. The average Bonchev–Trinajstić information content (AvgIpc) is 2.20. The van der Waals surface area contributed by atoms with Crippen LogP contribution in [0.2, 0.25) is 5.02 Å². The van der Waals surface area contributed by atoms with Crippen molar-refractivity contribution in [3.8, 4) is 0 Å². The van der Waals surface area contributed by atoms with Gasteiger partial charge in [0.25, 0.3) is 0 Å². The Morgan fingerprint density at radius 2 is 2.07 bits per heavy atom. The van der Waals surface area contributed by atoms with E-state index in [0.29, 0.717) is 23.0 Å². The molecule has 0 saturated heterocycles. The minimum Gasteiger partial charge on any atom is -0.313 e. The summed E-state index contributed by atoms with van der Waals surface area (Å²) in [6.07, 6.45) is 2.00. The first-order valence-corrected chi connectivity index (χ1v) is 5.86. The molecule has 0 aliphatic heterocycles. The van der Waals surface area contributed by atoms with E-state index in [0.717, 1.165) is 19.4 Å². The first-order chi connectivity index (χ1) is 7.24. The Balaban J connectivity index is 2.31. The van der Waals surface area contributed by atoms with E-state index in [1.807, 2.05) is 0 Å². The highest BCUT2D eigenvalue weighted by atomic mass is 35.5. The predicted molar refractivity (Wildman–Crippen MR) is 63.1 cm³/mol. The third kappa shape index (κ3) is 4.83. The molecule has 0 heterocycles. The van der Waals surface area contributed by atoms with Gasteiger partial charge in [-0.3, -0.25) is 0 Å². The molecule has 0 amide bonds. The molecule has 0 aromatic heterocycles. The summed E-state index contributed by atoms with van der Waals surface area (Å²) in [5.74, 6) is 0.420. The van der Waals surface area contributed by atoms with Crippen LogP contribution in [0, 0.1) is 5.82 Å². The maximum atomic E-state index is 13.3. The van der Waals surface area contributed by atoms with Gasteiger partial charge in [-0.15, -0.1) is 11.6 Å². The largest absolute Gasteiger partial charge is 0.313 e. The van der Waals surface area contributed by atoms with E-state index >= 15 is 0 Å². The van der Waals surface area contributed by atoms with Crippen molar-refractivity contribution >= 4 is 23.2 Å². The summed E-state index contributed by atoms with van der Waals surface area (Å²) in [4.78, 5) is 0. The van der Waals surface area contributed by atoms with E-state index in [4.69, 9.17) is 23.2 Å². The average molecular weight is 250 g/mol. The maximum Gasteiger partial charge on any atom is 0.129 e. The normalized spacial score (nSPS) is 10.6. The Hall–Kier alpha value is -0.310. The predicted octanol–water partition coefficient (Wildman–Crippen LogP) is 3.59. The van der Waals surface area contributed by atoms with E-state index in [9.17, 15) is 4.39 Å². The third-order valence-electron chi connectivity index (χ3n) is 2.07. The quantitative estimate of drug-likeness (QED) is 0.601. The summed E-state index contributed by atoms with van der Waals surface area (Å²) in [6, 6.07) is 4.73. The lowest BCUT2D eigenvalue weighted by Crippen LogP contribution is -2.15. The molecule has 0 radical (unpaired) electrons. The van der Waals surface area contributed by atoms with Gasteiger partial charge < -0.3 is 5.32 Å². The minimum absolute atomic E-state index is 0.257. The molecule has 0 fully saturated rings. The molecule has 0 aliphatic carbocycles. The molecule has 1 aromatic rings. The molecule has 0 saturated carbocycles. The zero-order valence-corrected chi connectivity index (χ0v) is 9.91. The summed E-state index contributed by atoms with van der Waals surface area (Å²) < 4.78 is 13.3. The van der Waals surface area contributed by atoms with Crippen LogP contribution in [0.15, 0.2) is 18.2 Å². The van der Waals surface area contributed by atoms with Crippen LogP contribution in [0.5, 0.6) is 0 Å². The van der Waals surface area contributed by atoms with Crippen LogP contribution >= 0.6 is 23.2 Å². The van der Waals surface area contributed by atoms with Crippen molar-refractivity contribution in [1.82, 2.24) is 5.32 Å². The van der Waals surface area contributed by atoms with Crippen LogP contribution in [-0.2, 0) is 6.54 Å². The van der Waals surface area contributed by atoms with Crippen molar-refractivity contribution in [1.29, 1.82) is 0 Å². The number of nitrogens with one attached hydrogen (secondary N) is 1. The molecular formula is C11H14Cl2FN. The fourth-order valence-corrected chi connectivity index (χ4v) is 1.58. The van der Waals surface area contributed by atoms with Crippen LogP contribution in [0.1, 0.15) is 18.4 Å². The highest BCUT2D eigenvalue weighted by Gasteiger charge is 2.01. The Kier molecular flexibility index (Phi) is 5.99. The van der Waals surface area contributed by atoms with Crippen molar-refractivity contribution < 1.29 is 4.39 Å². The van der Waals surface area contributed by atoms with E-state index in [-0.39, 0.29) is 5.82 Å². The second-order valence-corrected chi connectivity index (χ2v) is 4.12. The van der Waals surface area contributed by atoms with Crippen LogP contribution < -0.4 is 5.32 Å². The monoisotopic (exact) mass is 249 g/mol. The standard InChI is InChI=1S/C11H14Cl2FN/c12-5-1-2-6-15-8-9-3-4-10(13)7-11(9)14/h3-4,7,15H,1-2,5-6,8H2. The Bertz CT molecular complexity index is 305. The second kappa shape index (κ2) is 7.04. The van der Waals surface area contributed by atoms with E-state index in [2.05, 4.69) is 5.32 Å². The summed E-state index contributed by atoms with van der Waals surface area (Å²) in [6.45, 7) is 1.39. The van der Waals surface area contributed by atoms with Crippen molar-refractivity contribution in [3.63, 3.8) is 0 Å². The SMILES string of the molecule is Fc1cc(Cl)ccc1CNCCCCCl. The molecule has 1 aromatic carbocycles. The van der Waals surface area contributed by atoms with E-state index in [1.54, 1.807) is 12.1 Å². The molecular weight excluding hydrogens is 236 g/mol. The summed E-state index contributed by atoms with van der Waals surface area (Å²) in [5, 5.41) is 3.58. The first-order valence-electron chi connectivity index (χ1n) is 4.94. The number of unbranched alkanes of at least 4 members (excludes halogenated alkanes) is 1. The number of alkyl halides is 1. The lowest BCUT2D eigenvalue weighted by molar-refractivity contribution is 0.580. The molecule has 84 valence electrons. The van der Waals surface area contributed by atoms with Crippen molar-refractivity contribution in [3.05, 3.63) is 34.6 Å². The van der Waals surface area contributed by atoms with Crippen molar-refractivity contribution in [2.45, 2.75) is 19.4 Å². The zero-order valence-electron chi connectivity index (χ0n) is 8.40. The fraction of sp³-hybridized carbons (Fsp3) is 0.455. The smallest absolute Gasteiger partial charge is 0.129 e. The molecule has 4 heteroatoms. The number of hydrogen-bond acceptors (Lipinski definition) is 1. The number of halogens is 3. The lowest BCUT2D eigenvalue weighted by atomic mass is 10.2. The van der Waals surface area contributed by atoms with Gasteiger partial charge in [-0.05, 0) is 31.5 Å². The highest BCUT2D eigenvalue weighted by Crippen LogP contribution is 2.14. The molecule has 0 atom stereocenters. The Morgan fingerprint density at radius 3 is 2.73 bits per heavy atom.